The molecule has 1 aromatic rings. The molecule has 0 saturated carbocycles. The van der Waals surface area contributed by atoms with Gasteiger partial charge in [-0.2, -0.15) is 0 Å². The molecule has 0 saturated heterocycles. The van der Waals surface area contributed by atoms with Crippen molar-refractivity contribution in [3.05, 3.63) is 42.5 Å². The predicted octanol–water partition coefficient (Wildman–Crippen LogP) is 0.515. The van der Waals surface area contributed by atoms with Gasteiger partial charge >= 0.3 is 5.97 Å². The van der Waals surface area contributed by atoms with Gasteiger partial charge in [0.05, 0.1) is 19.2 Å². The Morgan fingerprint density at radius 2 is 2.15 bits per heavy atom. The number of benzene rings is 1. The highest BCUT2D eigenvalue weighted by molar-refractivity contribution is 5.97. The van der Waals surface area contributed by atoms with Gasteiger partial charge in [0.15, 0.2) is 6.10 Å². The number of aliphatic hydroxyl groups is 1. The molecule has 0 bridgehead atoms. The normalized spacial score (nSPS) is 11.3. The molecule has 0 heterocycles. The fourth-order valence-electron chi connectivity index (χ4n) is 1.43. The number of ether oxygens (including phenoxy) is 2. The van der Waals surface area contributed by atoms with Crippen LogP contribution in [0.3, 0.4) is 0 Å². The number of carbonyl (C=O) groups excluding carboxylic acids is 2. The highest BCUT2D eigenvalue weighted by atomic mass is 16.5. The Kier molecular flexibility index (Phi) is 6.25. The second-order valence-electron chi connectivity index (χ2n) is 3.84. The lowest BCUT2D eigenvalue weighted by molar-refractivity contribution is -0.149. The maximum Gasteiger partial charge on any atom is 0.336 e. The van der Waals surface area contributed by atoms with E-state index in [1.165, 1.54) is 0 Å². The SMILES string of the molecule is C=CCOc1ccccc1C(=O)NCC(O)C(=O)OC. The Bertz CT molecular complexity index is 486. The Morgan fingerprint density at radius 1 is 1.45 bits per heavy atom. The molecule has 0 radical (unpaired) electrons. The summed E-state index contributed by atoms with van der Waals surface area (Å²) in [4.78, 5) is 23.0. The van der Waals surface area contributed by atoms with Gasteiger partial charge in [0.25, 0.3) is 5.91 Å². The number of aliphatic hydroxyl groups excluding tert-OH is 1. The number of hydrogen-bond acceptors (Lipinski definition) is 5. The summed E-state index contributed by atoms with van der Waals surface area (Å²) in [7, 11) is 1.16. The van der Waals surface area contributed by atoms with Crippen LogP contribution in [0.2, 0.25) is 0 Å². The lowest BCUT2D eigenvalue weighted by Crippen LogP contribution is -2.37. The molecule has 1 amide bonds. The van der Waals surface area contributed by atoms with Crippen LogP contribution in [0, 0.1) is 0 Å². The maximum absolute atomic E-state index is 12.0. The monoisotopic (exact) mass is 279 g/mol. The topological polar surface area (TPSA) is 84.9 Å². The summed E-state index contributed by atoms with van der Waals surface area (Å²) in [6.07, 6.45) is 0.167. The first kappa shape index (κ1) is 15.7. The molecule has 1 unspecified atom stereocenters. The van der Waals surface area contributed by atoms with Crippen LogP contribution in [0.5, 0.6) is 5.75 Å². The number of esters is 1. The summed E-state index contributed by atoms with van der Waals surface area (Å²) >= 11 is 0. The van der Waals surface area contributed by atoms with Gasteiger partial charge in [-0.15, -0.1) is 0 Å². The van der Waals surface area contributed by atoms with E-state index < -0.39 is 18.0 Å². The van der Waals surface area contributed by atoms with Gasteiger partial charge in [-0.05, 0) is 12.1 Å². The highest BCUT2D eigenvalue weighted by Crippen LogP contribution is 2.17. The van der Waals surface area contributed by atoms with Crippen LogP contribution in [0.25, 0.3) is 0 Å². The summed E-state index contributed by atoms with van der Waals surface area (Å²) in [6.45, 7) is 3.57. The van der Waals surface area contributed by atoms with Crippen LogP contribution >= 0.6 is 0 Å². The molecule has 0 aliphatic rings. The van der Waals surface area contributed by atoms with Crippen LogP contribution in [0.1, 0.15) is 10.4 Å². The van der Waals surface area contributed by atoms with Crippen LogP contribution in [-0.2, 0) is 9.53 Å². The van der Waals surface area contributed by atoms with E-state index in [1.54, 1.807) is 30.3 Å². The van der Waals surface area contributed by atoms with Crippen molar-refractivity contribution < 1.29 is 24.2 Å². The minimum Gasteiger partial charge on any atom is -0.489 e. The summed E-state index contributed by atoms with van der Waals surface area (Å²) in [5.41, 5.74) is 0.311. The number of nitrogens with one attached hydrogen (secondary N) is 1. The Balaban J connectivity index is 2.67. The van der Waals surface area contributed by atoms with Gasteiger partial charge in [0, 0.05) is 0 Å². The van der Waals surface area contributed by atoms with Crippen molar-refractivity contribution in [3.63, 3.8) is 0 Å². The zero-order valence-electron chi connectivity index (χ0n) is 11.2. The van der Waals surface area contributed by atoms with E-state index in [2.05, 4.69) is 16.6 Å². The molecular formula is C14H17NO5. The molecule has 1 atom stereocenters. The van der Waals surface area contributed by atoms with E-state index in [-0.39, 0.29) is 13.2 Å². The first-order chi connectivity index (χ1) is 9.60. The molecule has 6 nitrogen and oxygen atoms in total. The fraction of sp³-hybridized carbons (Fsp3) is 0.286. The Labute approximate surface area is 117 Å². The number of para-hydroxylation sites is 1. The van der Waals surface area contributed by atoms with Crippen LogP contribution < -0.4 is 10.1 Å². The first-order valence-corrected chi connectivity index (χ1v) is 5.97. The number of hydrogen-bond donors (Lipinski definition) is 2. The van der Waals surface area contributed by atoms with E-state index in [9.17, 15) is 14.7 Å². The lowest BCUT2D eigenvalue weighted by atomic mass is 10.2. The van der Waals surface area contributed by atoms with Crippen molar-refractivity contribution in [1.82, 2.24) is 5.32 Å². The van der Waals surface area contributed by atoms with Crippen LogP contribution in [0.4, 0.5) is 0 Å². The average molecular weight is 279 g/mol. The second-order valence-corrected chi connectivity index (χ2v) is 3.84. The summed E-state index contributed by atoms with van der Waals surface area (Å²) < 4.78 is 9.70. The van der Waals surface area contributed by atoms with Crippen molar-refractivity contribution >= 4 is 11.9 Å². The van der Waals surface area contributed by atoms with Crippen molar-refractivity contribution in [2.75, 3.05) is 20.3 Å². The molecular weight excluding hydrogens is 262 g/mol. The van der Waals surface area contributed by atoms with E-state index in [0.717, 1.165) is 7.11 Å². The smallest absolute Gasteiger partial charge is 0.336 e. The third kappa shape index (κ3) is 4.40. The third-order valence-corrected chi connectivity index (χ3v) is 2.42. The molecule has 1 aromatic carbocycles. The number of carbonyl (C=O) groups is 2. The largest absolute Gasteiger partial charge is 0.489 e. The quantitative estimate of drug-likeness (QED) is 0.561. The van der Waals surface area contributed by atoms with Crippen molar-refractivity contribution in [2.45, 2.75) is 6.10 Å². The zero-order chi connectivity index (χ0) is 15.0. The van der Waals surface area contributed by atoms with E-state index in [1.807, 2.05) is 0 Å². The molecule has 6 heteroatoms. The second kappa shape index (κ2) is 7.96. The number of rotatable bonds is 7. The van der Waals surface area contributed by atoms with Gasteiger partial charge in [-0.3, -0.25) is 4.79 Å². The highest BCUT2D eigenvalue weighted by Gasteiger charge is 2.18. The van der Waals surface area contributed by atoms with E-state index in [0.29, 0.717) is 11.3 Å². The van der Waals surface area contributed by atoms with Gasteiger partial charge in [0.1, 0.15) is 12.4 Å². The Morgan fingerprint density at radius 3 is 2.80 bits per heavy atom. The minimum absolute atomic E-state index is 0.235. The molecule has 0 spiro atoms. The third-order valence-electron chi connectivity index (χ3n) is 2.42. The predicted molar refractivity (Wildman–Crippen MR) is 72.5 cm³/mol. The number of amides is 1. The average Bonchev–Trinajstić information content (AvgIpc) is 2.49. The van der Waals surface area contributed by atoms with Gasteiger partial charge < -0.3 is 19.9 Å². The fourth-order valence-corrected chi connectivity index (χ4v) is 1.43. The van der Waals surface area contributed by atoms with Crippen molar-refractivity contribution in [3.8, 4) is 5.75 Å². The molecule has 2 N–H and O–H groups in total. The first-order valence-electron chi connectivity index (χ1n) is 5.97. The zero-order valence-corrected chi connectivity index (χ0v) is 11.2. The molecule has 1 rings (SSSR count). The van der Waals surface area contributed by atoms with Gasteiger partial charge in [0.2, 0.25) is 0 Å². The van der Waals surface area contributed by atoms with Crippen LogP contribution in [-0.4, -0.2) is 43.3 Å². The Hall–Kier alpha value is -2.34. The maximum atomic E-state index is 12.0. The van der Waals surface area contributed by atoms with E-state index in [4.69, 9.17) is 4.74 Å². The standard InChI is InChI=1S/C14H17NO5/c1-3-8-20-12-7-5-4-6-10(12)13(17)15-9-11(16)14(18)19-2/h3-7,11,16H,1,8-9H2,2H3,(H,15,17). The summed E-state index contributed by atoms with van der Waals surface area (Å²) in [6, 6.07) is 6.65. The molecule has 20 heavy (non-hydrogen) atoms. The summed E-state index contributed by atoms with van der Waals surface area (Å²) in [5.74, 6) is -0.855. The van der Waals surface area contributed by atoms with Crippen molar-refractivity contribution in [1.29, 1.82) is 0 Å². The molecule has 0 fully saturated rings. The van der Waals surface area contributed by atoms with E-state index >= 15 is 0 Å². The summed E-state index contributed by atoms with van der Waals surface area (Å²) in [5, 5.41) is 11.8. The van der Waals surface area contributed by atoms with Crippen molar-refractivity contribution in [2.24, 2.45) is 0 Å². The molecule has 108 valence electrons. The van der Waals surface area contributed by atoms with Gasteiger partial charge in [-0.1, -0.05) is 24.8 Å². The lowest BCUT2D eigenvalue weighted by Gasteiger charge is -2.12. The molecule has 0 aromatic heterocycles. The van der Waals surface area contributed by atoms with Gasteiger partial charge in [-0.25, -0.2) is 4.79 Å². The molecule has 0 aliphatic heterocycles. The minimum atomic E-state index is -1.40. The molecule has 0 aliphatic carbocycles. The number of methoxy groups -OCH3 is 1. The van der Waals surface area contributed by atoms with Crippen LogP contribution in [0.15, 0.2) is 36.9 Å².